The number of thiophene rings is 1. The lowest BCUT2D eigenvalue weighted by molar-refractivity contribution is 0.152. The average molecular weight is 624 g/mol. The Morgan fingerprint density at radius 2 is 1.76 bits per heavy atom. The van der Waals surface area contributed by atoms with Gasteiger partial charge in [-0.15, -0.1) is 11.3 Å². The number of likely N-dealkylation sites (N-methyl/N-ethyl adjacent to an activating group) is 1. The summed E-state index contributed by atoms with van der Waals surface area (Å²) in [5.74, 6) is 0.0647. The molecular formula is C29H49N7O4S2. The van der Waals surface area contributed by atoms with Crippen molar-refractivity contribution in [3.8, 4) is 5.75 Å². The number of hydrogen-bond acceptors (Lipinski definition) is 9. The quantitative estimate of drug-likeness (QED) is 0.202. The number of rotatable bonds is 10. The summed E-state index contributed by atoms with van der Waals surface area (Å²) >= 11 is 0.873. The van der Waals surface area contributed by atoms with E-state index in [4.69, 9.17) is 15.9 Å². The Kier molecular flexibility index (Phi) is 10.9. The third kappa shape index (κ3) is 8.56. The minimum absolute atomic E-state index is 0.0145. The van der Waals surface area contributed by atoms with E-state index in [1.165, 1.54) is 16.7 Å². The number of unbranched alkanes of at least 4 members (excludes halogenated alkanes) is 1. The minimum Gasteiger partial charge on any atom is -0.504 e. The van der Waals surface area contributed by atoms with E-state index in [2.05, 4.69) is 26.8 Å². The number of amidine groups is 2. The molecule has 3 rings (SSSR count). The number of nitrogens with zero attached hydrogens (tertiary/aromatic N) is 5. The van der Waals surface area contributed by atoms with Crippen molar-refractivity contribution in [3.63, 3.8) is 0 Å². The number of hydrogen-bond donors (Lipinski definition) is 3. The van der Waals surface area contributed by atoms with Gasteiger partial charge in [-0.25, -0.2) is 13.4 Å². The second kappa shape index (κ2) is 13.5. The van der Waals surface area contributed by atoms with Crippen molar-refractivity contribution < 1.29 is 17.9 Å². The molecule has 1 fully saturated rings. The van der Waals surface area contributed by atoms with Gasteiger partial charge in [0.2, 0.25) is 0 Å². The lowest BCUT2D eigenvalue weighted by Gasteiger charge is -2.32. The molecule has 0 radical (unpaired) electrons. The van der Waals surface area contributed by atoms with Crippen LogP contribution < -0.4 is 11.5 Å². The fraction of sp³-hybridized carbons (Fsp3) is 0.655. The van der Waals surface area contributed by atoms with Crippen molar-refractivity contribution in [3.05, 3.63) is 29.0 Å². The van der Waals surface area contributed by atoms with Gasteiger partial charge in [0.1, 0.15) is 17.5 Å². The van der Waals surface area contributed by atoms with Crippen LogP contribution in [-0.4, -0.2) is 91.7 Å². The van der Waals surface area contributed by atoms with Gasteiger partial charge in [-0.1, -0.05) is 20.8 Å². The second-order valence-electron chi connectivity index (χ2n) is 13.1. The van der Waals surface area contributed by atoms with Crippen molar-refractivity contribution in [2.24, 2.45) is 26.9 Å². The lowest BCUT2D eigenvalue weighted by Crippen LogP contribution is -2.44. The number of aliphatic imine (C=N–C) groups is 2. The Morgan fingerprint density at radius 3 is 2.36 bits per heavy atom. The van der Waals surface area contributed by atoms with Crippen LogP contribution in [-0.2, 0) is 16.4 Å². The molecule has 0 bridgehead atoms. The molecule has 0 amide bonds. The molecule has 1 aliphatic heterocycles. The molecule has 2 aromatic heterocycles. The van der Waals surface area contributed by atoms with Gasteiger partial charge in [0, 0.05) is 44.1 Å². The van der Waals surface area contributed by atoms with Crippen LogP contribution in [0.2, 0.25) is 0 Å². The van der Waals surface area contributed by atoms with E-state index >= 15 is 0 Å². The lowest BCUT2D eigenvalue weighted by atomic mass is 9.85. The van der Waals surface area contributed by atoms with Gasteiger partial charge >= 0.3 is 0 Å². The van der Waals surface area contributed by atoms with Crippen LogP contribution in [0, 0.1) is 5.41 Å². The maximum absolute atomic E-state index is 13.0. The topological polar surface area (TPSA) is 154 Å². The zero-order valence-electron chi connectivity index (χ0n) is 26.3. The highest BCUT2D eigenvalue weighted by molar-refractivity contribution is 7.91. The van der Waals surface area contributed by atoms with Crippen molar-refractivity contribution in [2.45, 2.75) is 76.6 Å². The molecule has 42 heavy (non-hydrogen) atoms. The van der Waals surface area contributed by atoms with Crippen molar-refractivity contribution in [1.29, 1.82) is 0 Å². The number of nitrogens with two attached hydrogens (primary N) is 2. The number of aryl methyl sites for hydroxylation is 1. The standard InChI is InChI=1S/C29H49N7O4S2/c1-28(2,3)24(22-17-20(18-40-22)11-9-10-12-36-15-13-34(7)14-16-36)33-26(31)25(30)32-21-19-41-27(23(21)37)42(38,39)35(8)29(4,5)6/h17-19,24,37H,9-16H2,1-8H3,(H2,30,32)(H2,31,33)/t24-/m0/s1. The zero-order valence-corrected chi connectivity index (χ0v) is 28.0. The summed E-state index contributed by atoms with van der Waals surface area (Å²) in [6.45, 7) is 17.1. The van der Waals surface area contributed by atoms with E-state index < -0.39 is 27.4 Å². The highest BCUT2D eigenvalue weighted by atomic mass is 32.2. The highest BCUT2D eigenvalue weighted by Gasteiger charge is 2.35. The molecule has 0 unspecified atom stereocenters. The summed E-state index contributed by atoms with van der Waals surface area (Å²) in [6.07, 6.45) is 4.91. The molecule has 11 nitrogen and oxygen atoms in total. The van der Waals surface area contributed by atoms with Crippen LogP contribution in [0.1, 0.15) is 71.7 Å². The van der Waals surface area contributed by atoms with E-state index in [9.17, 15) is 13.5 Å². The number of aromatic hydroxyl groups is 1. The molecule has 5 N–H and O–H groups in total. The van der Waals surface area contributed by atoms with Crippen LogP contribution in [0.5, 0.6) is 5.75 Å². The third-order valence-corrected chi connectivity index (χ3v) is 11.2. The zero-order chi connectivity index (χ0) is 31.5. The largest absolute Gasteiger partial charge is 0.504 e. The van der Waals surface area contributed by atoms with Gasteiger partial charge in [0.15, 0.2) is 21.6 Å². The van der Waals surface area contributed by atoms with Gasteiger partial charge in [-0.3, -0.25) is 4.99 Å². The summed E-state index contributed by atoms with van der Waals surface area (Å²) in [4.78, 5) is 13.8. The summed E-state index contributed by atoms with van der Waals surface area (Å²) in [7, 11) is -0.297. The molecule has 0 saturated carbocycles. The first-order valence-electron chi connectivity index (χ1n) is 14.4. The molecule has 1 atom stereocenters. The SMILES string of the molecule is CN1CCN(CCCCc2coc([C@H](N=C(N)C(N)=Nc3csc(S(=O)(=O)N(C)C(C)(C)C)c3O)C(C)(C)C)c2)CC1. The monoisotopic (exact) mass is 623 g/mol. The number of sulfonamides is 1. The van der Waals surface area contributed by atoms with Crippen LogP contribution in [0.4, 0.5) is 5.69 Å². The van der Waals surface area contributed by atoms with Crippen LogP contribution in [0.3, 0.4) is 0 Å². The van der Waals surface area contributed by atoms with Gasteiger partial charge < -0.3 is 30.8 Å². The first kappa shape index (κ1) is 34.0. The average Bonchev–Trinajstić information content (AvgIpc) is 3.51. The fourth-order valence-electron chi connectivity index (χ4n) is 4.55. The van der Waals surface area contributed by atoms with Gasteiger partial charge in [-0.2, -0.15) is 4.31 Å². The predicted molar refractivity (Wildman–Crippen MR) is 171 cm³/mol. The maximum atomic E-state index is 13.0. The molecule has 0 aliphatic carbocycles. The molecule has 13 heteroatoms. The van der Waals surface area contributed by atoms with E-state index in [0.29, 0.717) is 5.76 Å². The number of furan rings is 1. The first-order chi connectivity index (χ1) is 19.4. The maximum Gasteiger partial charge on any atom is 0.256 e. The van der Waals surface area contributed by atoms with Crippen LogP contribution >= 0.6 is 11.3 Å². The minimum atomic E-state index is -3.94. The normalized spacial score (nSPS) is 17.7. The van der Waals surface area contributed by atoms with Gasteiger partial charge in [0.05, 0.1) is 6.26 Å². The van der Waals surface area contributed by atoms with Crippen molar-refractivity contribution in [2.75, 3.05) is 46.8 Å². The van der Waals surface area contributed by atoms with E-state index in [1.807, 2.05) is 26.8 Å². The summed E-state index contributed by atoms with van der Waals surface area (Å²) in [6, 6.07) is 1.60. The molecule has 0 spiro atoms. The fourth-order valence-corrected chi connectivity index (χ4v) is 7.44. The second-order valence-corrected chi connectivity index (χ2v) is 16.2. The Morgan fingerprint density at radius 1 is 1.12 bits per heavy atom. The van der Waals surface area contributed by atoms with Gasteiger partial charge in [-0.05, 0) is 70.7 Å². The Balaban J connectivity index is 1.72. The molecule has 1 aliphatic rings. The summed E-state index contributed by atoms with van der Waals surface area (Å²) in [5, 5.41) is 12.1. The van der Waals surface area contributed by atoms with E-state index in [0.717, 1.165) is 68.9 Å². The highest BCUT2D eigenvalue weighted by Crippen LogP contribution is 2.42. The summed E-state index contributed by atoms with van der Waals surface area (Å²) in [5.41, 5.74) is 12.6. The van der Waals surface area contributed by atoms with Crippen LogP contribution in [0.25, 0.3) is 0 Å². The van der Waals surface area contributed by atoms with Crippen LogP contribution in [0.15, 0.2) is 36.3 Å². The van der Waals surface area contributed by atoms with E-state index in [-0.39, 0.29) is 27.0 Å². The Hall–Kier alpha value is -2.45. The summed E-state index contributed by atoms with van der Waals surface area (Å²) < 4.78 is 33.0. The third-order valence-electron chi connectivity index (χ3n) is 7.57. The van der Waals surface area contributed by atoms with E-state index in [1.54, 1.807) is 27.0 Å². The first-order valence-corrected chi connectivity index (χ1v) is 16.7. The molecular weight excluding hydrogens is 574 g/mol. The van der Waals surface area contributed by atoms with Crippen molar-refractivity contribution >= 4 is 38.7 Å². The number of piperazine rings is 1. The van der Waals surface area contributed by atoms with Crippen molar-refractivity contribution in [1.82, 2.24) is 14.1 Å². The molecule has 2 aromatic rings. The molecule has 1 saturated heterocycles. The molecule has 0 aromatic carbocycles. The Bertz CT molecular complexity index is 1360. The Labute approximate surface area is 255 Å². The molecule has 236 valence electrons. The van der Waals surface area contributed by atoms with Gasteiger partial charge in [0.25, 0.3) is 10.0 Å². The molecule has 3 heterocycles. The predicted octanol–water partition coefficient (Wildman–Crippen LogP) is 4.17. The smallest absolute Gasteiger partial charge is 0.256 e.